The van der Waals surface area contributed by atoms with Crippen LogP contribution in [-0.4, -0.2) is 18.4 Å². The molecule has 0 N–H and O–H groups in total. The fourth-order valence-corrected chi connectivity index (χ4v) is 1.87. The summed E-state index contributed by atoms with van der Waals surface area (Å²) in [5.74, 6) is -1.14. The molecule has 0 aliphatic carbocycles. The minimum atomic E-state index is -0.744. The molecule has 0 heterocycles. The maximum Gasteiger partial charge on any atom is 0.376 e. The molecule has 1 aromatic carbocycles. The first-order chi connectivity index (χ1) is 11.2. The zero-order chi connectivity index (χ0) is 16.9. The van der Waals surface area contributed by atoms with Crippen LogP contribution in [0.2, 0.25) is 0 Å². The summed E-state index contributed by atoms with van der Waals surface area (Å²) in [6, 6.07) is 9.41. The first-order valence-corrected chi connectivity index (χ1v) is 8.00. The second-order valence-corrected chi connectivity index (χ2v) is 5.03. The Labute approximate surface area is 137 Å². The number of unbranched alkanes of at least 4 members (excludes halogenated alkanes) is 2. The molecule has 0 aliphatic heterocycles. The van der Waals surface area contributed by atoms with Crippen molar-refractivity contribution in [3.8, 4) is 0 Å². The van der Waals surface area contributed by atoms with Gasteiger partial charge < -0.3 is 0 Å². The van der Waals surface area contributed by atoms with E-state index in [1.165, 1.54) is 6.08 Å². The SMILES string of the molecule is CCC=C(C(=O)C=Cc1ccccc1)C(=O)OOCCCCC. The number of carbonyl (C=O) groups is 2. The van der Waals surface area contributed by atoms with Crippen molar-refractivity contribution in [2.24, 2.45) is 0 Å². The number of carbonyl (C=O) groups excluding carboxylic acids is 2. The zero-order valence-electron chi connectivity index (χ0n) is 13.8. The van der Waals surface area contributed by atoms with E-state index in [0.717, 1.165) is 24.8 Å². The lowest BCUT2D eigenvalue weighted by atomic mass is 10.1. The van der Waals surface area contributed by atoms with Crippen LogP contribution in [0.15, 0.2) is 48.1 Å². The number of hydrogen-bond donors (Lipinski definition) is 0. The maximum atomic E-state index is 12.2. The minimum absolute atomic E-state index is 0.00447. The second kappa shape index (κ2) is 11.4. The third kappa shape index (κ3) is 7.56. The molecule has 0 saturated carbocycles. The van der Waals surface area contributed by atoms with Crippen molar-refractivity contribution in [1.29, 1.82) is 0 Å². The van der Waals surface area contributed by atoms with Gasteiger partial charge in [-0.3, -0.25) is 9.68 Å². The average molecular weight is 316 g/mol. The van der Waals surface area contributed by atoms with Gasteiger partial charge in [0.2, 0.25) is 0 Å². The van der Waals surface area contributed by atoms with Crippen molar-refractivity contribution in [1.82, 2.24) is 0 Å². The van der Waals surface area contributed by atoms with Crippen molar-refractivity contribution in [2.75, 3.05) is 6.61 Å². The van der Waals surface area contributed by atoms with E-state index in [1.807, 2.05) is 37.3 Å². The van der Waals surface area contributed by atoms with Gasteiger partial charge in [-0.25, -0.2) is 4.79 Å². The van der Waals surface area contributed by atoms with Gasteiger partial charge in [0.05, 0.1) is 6.61 Å². The average Bonchev–Trinajstić information content (AvgIpc) is 2.58. The van der Waals surface area contributed by atoms with Gasteiger partial charge in [0.15, 0.2) is 5.78 Å². The molecule has 0 unspecified atom stereocenters. The van der Waals surface area contributed by atoms with E-state index in [4.69, 9.17) is 9.78 Å². The number of allylic oxidation sites excluding steroid dienone is 2. The van der Waals surface area contributed by atoms with E-state index < -0.39 is 11.8 Å². The Morgan fingerprint density at radius 2 is 1.83 bits per heavy atom. The van der Waals surface area contributed by atoms with Crippen LogP contribution in [0.3, 0.4) is 0 Å². The number of hydrogen-bond acceptors (Lipinski definition) is 4. The number of rotatable bonds is 10. The molecule has 0 saturated heterocycles. The molecule has 0 amide bonds. The first-order valence-electron chi connectivity index (χ1n) is 8.00. The third-order valence-electron chi connectivity index (χ3n) is 3.09. The highest BCUT2D eigenvalue weighted by atomic mass is 17.2. The molecule has 0 fully saturated rings. The number of benzene rings is 1. The van der Waals surface area contributed by atoms with Crippen LogP contribution in [0.5, 0.6) is 0 Å². The van der Waals surface area contributed by atoms with Gasteiger partial charge in [0, 0.05) is 0 Å². The number of ketones is 1. The molecule has 0 aromatic heterocycles. The monoisotopic (exact) mass is 316 g/mol. The molecule has 1 rings (SSSR count). The van der Waals surface area contributed by atoms with Crippen LogP contribution < -0.4 is 0 Å². The van der Waals surface area contributed by atoms with Gasteiger partial charge >= 0.3 is 5.97 Å². The molecular weight excluding hydrogens is 292 g/mol. The molecule has 124 valence electrons. The Balaban J connectivity index is 2.59. The predicted octanol–water partition coefficient (Wildman–Crippen LogP) is 4.27. The first kappa shape index (κ1) is 18.8. The Morgan fingerprint density at radius 3 is 2.48 bits per heavy atom. The van der Waals surface area contributed by atoms with Crippen LogP contribution in [0.25, 0.3) is 6.08 Å². The molecule has 23 heavy (non-hydrogen) atoms. The van der Waals surface area contributed by atoms with E-state index in [9.17, 15) is 9.59 Å². The second-order valence-electron chi connectivity index (χ2n) is 5.03. The molecular formula is C19H24O4. The summed E-state index contributed by atoms with van der Waals surface area (Å²) in [7, 11) is 0. The van der Waals surface area contributed by atoms with E-state index >= 15 is 0 Å². The summed E-state index contributed by atoms with van der Waals surface area (Å²) >= 11 is 0. The van der Waals surface area contributed by atoms with E-state index in [0.29, 0.717) is 13.0 Å². The lowest BCUT2D eigenvalue weighted by Crippen LogP contribution is -2.15. The highest BCUT2D eigenvalue weighted by molar-refractivity contribution is 6.22. The standard InChI is InChI=1S/C19H24O4/c1-3-5-9-15-22-23-19(21)17(10-4-2)18(20)14-13-16-11-7-6-8-12-16/h6-8,10-14H,3-5,9,15H2,1-2H3. The lowest BCUT2D eigenvalue weighted by molar-refractivity contribution is -0.268. The van der Waals surface area contributed by atoms with Crippen LogP contribution in [-0.2, 0) is 19.4 Å². The molecule has 4 heteroatoms. The maximum absolute atomic E-state index is 12.2. The highest BCUT2D eigenvalue weighted by Gasteiger charge is 2.18. The molecule has 0 spiro atoms. The van der Waals surface area contributed by atoms with E-state index in [2.05, 4.69) is 6.92 Å². The predicted molar refractivity (Wildman–Crippen MR) is 90.4 cm³/mol. The summed E-state index contributed by atoms with van der Waals surface area (Å²) in [6.45, 7) is 4.27. The molecule has 0 atom stereocenters. The molecule has 0 bridgehead atoms. The summed E-state index contributed by atoms with van der Waals surface area (Å²) in [5.41, 5.74) is 0.885. The fourth-order valence-electron chi connectivity index (χ4n) is 1.87. The van der Waals surface area contributed by atoms with Gasteiger partial charge in [0.1, 0.15) is 5.57 Å². The third-order valence-corrected chi connectivity index (χ3v) is 3.09. The smallest absolute Gasteiger partial charge is 0.293 e. The van der Waals surface area contributed by atoms with Crippen LogP contribution in [0.1, 0.15) is 45.1 Å². The fraction of sp³-hybridized carbons (Fsp3) is 0.368. The van der Waals surface area contributed by atoms with Crippen LogP contribution >= 0.6 is 0 Å². The summed E-state index contributed by atoms with van der Waals surface area (Å²) < 4.78 is 0. The van der Waals surface area contributed by atoms with E-state index in [-0.39, 0.29) is 5.57 Å². The topological polar surface area (TPSA) is 52.6 Å². The van der Waals surface area contributed by atoms with Gasteiger partial charge in [-0.05, 0) is 24.5 Å². The largest absolute Gasteiger partial charge is 0.376 e. The Kier molecular flexibility index (Phi) is 9.32. The lowest BCUT2D eigenvalue weighted by Gasteiger charge is -2.05. The van der Waals surface area contributed by atoms with Crippen molar-refractivity contribution in [3.63, 3.8) is 0 Å². The summed E-state index contributed by atoms with van der Waals surface area (Å²) in [4.78, 5) is 33.7. The van der Waals surface area contributed by atoms with Crippen molar-refractivity contribution >= 4 is 17.8 Å². The Hall–Kier alpha value is -2.20. The molecule has 0 aliphatic rings. The Bertz CT molecular complexity index is 544. The molecule has 0 radical (unpaired) electrons. The highest BCUT2D eigenvalue weighted by Crippen LogP contribution is 2.08. The summed E-state index contributed by atoms with van der Waals surface area (Å²) in [6.07, 6.45) is 8.03. The van der Waals surface area contributed by atoms with E-state index in [1.54, 1.807) is 12.2 Å². The van der Waals surface area contributed by atoms with Gasteiger partial charge in [0.25, 0.3) is 0 Å². The molecule has 4 nitrogen and oxygen atoms in total. The molecule has 1 aromatic rings. The normalized spacial score (nSPS) is 11.7. The van der Waals surface area contributed by atoms with Crippen LogP contribution in [0, 0.1) is 0 Å². The Morgan fingerprint density at radius 1 is 1.09 bits per heavy atom. The van der Waals surface area contributed by atoms with Gasteiger partial charge in [-0.1, -0.05) is 69.2 Å². The van der Waals surface area contributed by atoms with Gasteiger partial charge in [-0.15, -0.1) is 0 Å². The van der Waals surface area contributed by atoms with Crippen molar-refractivity contribution in [3.05, 3.63) is 53.6 Å². The minimum Gasteiger partial charge on any atom is -0.293 e. The quantitative estimate of drug-likeness (QED) is 0.161. The summed E-state index contributed by atoms with van der Waals surface area (Å²) in [5, 5.41) is 0. The zero-order valence-corrected chi connectivity index (χ0v) is 13.8. The van der Waals surface area contributed by atoms with Crippen molar-refractivity contribution in [2.45, 2.75) is 39.5 Å². The van der Waals surface area contributed by atoms with Crippen LogP contribution in [0.4, 0.5) is 0 Å². The van der Waals surface area contributed by atoms with Crippen molar-refractivity contribution < 1.29 is 19.4 Å². The van der Waals surface area contributed by atoms with Gasteiger partial charge in [-0.2, -0.15) is 4.89 Å².